The third-order valence-corrected chi connectivity index (χ3v) is 3.43. The topological polar surface area (TPSA) is 47.6 Å². The maximum atomic E-state index is 11.9. The average Bonchev–Trinajstić information content (AvgIpc) is 2.93. The summed E-state index contributed by atoms with van der Waals surface area (Å²) in [6.45, 7) is 2.81. The molecule has 0 aromatic heterocycles. The fourth-order valence-electron chi connectivity index (χ4n) is 2.32. The van der Waals surface area contributed by atoms with Crippen LogP contribution in [0.1, 0.15) is 25.3 Å². The number of amides is 1. The Bertz CT molecular complexity index is 410. The highest BCUT2D eigenvalue weighted by molar-refractivity contribution is 5.78. The van der Waals surface area contributed by atoms with Crippen LogP contribution in [-0.2, 0) is 16.0 Å². The van der Waals surface area contributed by atoms with Crippen LogP contribution in [0.4, 0.5) is 0 Å². The van der Waals surface area contributed by atoms with Crippen LogP contribution in [0.25, 0.3) is 0 Å². The molecule has 104 valence electrons. The summed E-state index contributed by atoms with van der Waals surface area (Å²) in [6, 6.07) is 7.64. The second kappa shape index (κ2) is 6.57. The summed E-state index contributed by atoms with van der Waals surface area (Å²) in [7, 11) is 1.63. The SMILES string of the molecule is COc1ccc(CC(=O)N[C@@H](C)[C@@H]2CCCO2)cc1. The van der Waals surface area contributed by atoms with E-state index in [1.165, 1.54) is 0 Å². The molecule has 1 amide bonds. The van der Waals surface area contributed by atoms with E-state index in [0.29, 0.717) is 6.42 Å². The zero-order valence-corrected chi connectivity index (χ0v) is 11.5. The molecule has 1 aliphatic rings. The Kier molecular flexibility index (Phi) is 4.80. The minimum atomic E-state index is 0.0353. The third-order valence-electron chi connectivity index (χ3n) is 3.43. The predicted molar refractivity (Wildman–Crippen MR) is 73.3 cm³/mol. The van der Waals surface area contributed by atoms with E-state index in [-0.39, 0.29) is 18.1 Å². The first-order valence-electron chi connectivity index (χ1n) is 6.73. The molecule has 1 aromatic rings. The van der Waals surface area contributed by atoms with Crippen molar-refractivity contribution in [1.29, 1.82) is 0 Å². The molecule has 0 bridgehead atoms. The molecule has 1 fully saturated rings. The van der Waals surface area contributed by atoms with Gasteiger partial charge in [0.05, 0.1) is 25.7 Å². The van der Waals surface area contributed by atoms with Crippen LogP contribution in [0.15, 0.2) is 24.3 Å². The summed E-state index contributed by atoms with van der Waals surface area (Å²) < 4.78 is 10.7. The number of benzene rings is 1. The van der Waals surface area contributed by atoms with Crippen LogP contribution in [0.3, 0.4) is 0 Å². The molecule has 0 saturated carbocycles. The van der Waals surface area contributed by atoms with Gasteiger partial charge in [-0.2, -0.15) is 0 Å². The first-order valence-corrected chi connectivity index (χ1v) is 6.73. The van der Waals surface area contributed by atoms with Gasteiger partial charge in [0.25, 0.3) is 0 Å². The molecule has 0 spiro atoms. The highest BCUT2D eigenvalue weighted by atomic mass is 16.5. The van der Waals surface area contributed by atoms with E-state index < -0.39 is 0 Å². The Labute approximate surface area is 114 Å². The fraction of sp³-hybridized carbons (Fsp3) is 0.533. The summed E-state index contributed by atoms with van der Waals surface area (Å²) in [4.78, 5) is 11.9. The van der Waals surface area contributed by atoms with Crippen LogP contribution < -0.4 is 10.1 Å². The fourth-order valence-corrected chi connectivity index (χ4v) is 2.32. The second-order valence-corrected chi connectivity index (χ2v) is 4.93. The maximum Gasteiger partial charge on any atom is 0.224 e. The van der Waals surface area contributed by atoms with Crippen molar-refractivity contribution in [3.8, 4) is 5.75 Å². The van der Waals surface area contributed by atoms with Gasteiger partial charge in [0.2, 0.25) is 5.91 Å². The molecule has 1 heterocycles. The molecular formula is C15H21NO3. The summed E-state index contributed by atoms with van der Waals surface area (Å²) >= 11 is 0. The number of hydrogen-bond acceptors (Lipinski definition) is 3. The van der Waals surface area contributed by atoms with E-state index in [0.717, 1.165) is 30.8 Å². The standard InChI is InChI=1S/C15H21NO3/c1-11(14-4-3-9-19-14)16-15(17)10-12-5-7-13(18-2)8-6-12/h5-8,11,14H,3-4,9-10H2,1-2H3,(H,16,17)/t11-,14-/m0/s1. The van der Waals surface area contributed by atoms with Gasteiger partial charge in [-0.15, -0.1) is 0 Å². The molecule has 19 heavy (non-hydrogen) atoms. The number of carbonyl (C=O) groups excluding carboxylic acids is 1. The summed E-state index contributed by atoms with van der Waals surface area (Å²) in [5.41, 5.74) is 0.984. The van der Waals surface area contributed by atoms with Crippen LogP contribution in [0.5, 0.6) is 5.75 Å². The van der Waals surface area contributed by atoms with Crippen LogP contribution in [-0.4, -0.2) is 31.8 Å². The third kappa shape index (κ3) is 3.96. The lowest BCUT2D eigenvalue weighted by Gasteiger charge is -2.20. The zero-order chi connectivity index (χ0) is 13.7. The van der Waals surface area contributed by atoms with Gasteiger partial charge in [-0.05, 0) is 37.5 Å². The van der Waals surface area contributed by atoms with E-state index in [2.05, 4.69) is 5.32 Å². The van der Waals surface area contributed by atoms with E-state index in [9.17, 15) is 4.79 Å². The van der Waals surface area contributed by atoms with E-state index in [4.69, 9.17) is 9.47 Å². The number of nitrogens with one attached hydrogen (secondary N) is 1. The molecule has 0 radical (unpaired) electrons. The smallest absolute Gasteiger partial charge is 0.224 e. The summed E-state index contributed by atoms with van der Waals surface area (Å²) in [5.74, 6) is 0.838. The first-order chi connectivity index (χ1) is 9.19. The Balaban J connectivity index is 1.82. The van der Waals surface area contributed by atoms with Gasteiger partial charge in [0, 0.05) is 6.61 Å². The van der Waals surface area contributed by atoms with Crippen molar-refractivity contribution in [3.63, 3.8) is 0 Å². The van der Waals surface area contributed by atoms with Crippen LogP contribution in [0.2, 0.25) is 0 Å². The van der Waals surface area contributed by atoms with Gasteiger partial charge in [-0.25, -0.2) is 0 Å². The molecule has 2 atom stereocenters. The number of methoxy groups -OCH3 is 1. The molecule has 1 aliphatic heterocycles. The van der Waals surface area contributed by atoms with Crippen molar-refractivity contribution in [2.45, 2.75) is 38.3 Å². The summed E-state index contributed by atoms with van der Waals surface area (Å²) in [5, 5.41) is 3.00. The molecule has 4 heteroatoms. The highest BCUT2D eigenvalue weighted by Crippen LogP contribution is 2.16. The van der Waals surface area contributed by atoms with E-state index >= 15 is 0 Å². The Morgan fingerprint density at radius 1 is 1.47 bits per heavy atom. The second-order valence-electron chi connectivity index (χ2n) is 4.93. The van der Waals surface area contributed by atoms with Crippen molar-refractivity contribution in [2.75, 3.05) is 13.7 Å². The molecule has 1 saturated heterocycles. The van der Waals surface area contributed by atoms with Gasteiger partial charge in [0.15, 0.2) is 0 Å². The van der Waals surface area contributed by atoms with Gasteiger partial charge >= 0.3 is 0 Å². The largest absolute Gasteiger partial charge is 0.497 e. The lowest BCUT2D eigenvalue weighted by Crippen LogP contribution is -2.41. The van der Waals surface area contributed by atoms with Gasteiger partial charge in [0.1, 0.15) is 5.75 Å². The normalized spacial score (nSPS) is 20.0. The van der Waals surface area contributed by atoms with E-state index in [1.54, 1.807) is 7.11 Å². The van der Waals surface area contributed by atoms with Crippen molar-refractivity contribution in [2.24, 2.45) is 0 Å². The minimum absolute atomic E-state index is 0.0353. The van der Waals surface area contributed by atoms with Crippen molar-refractivity contribution in [1.82, 2.24) is 5.32 Å². The van der Waals surface area contributed by atoms with Crippen molar-refractivity contribution >= 4 is 5.91 Å². The minimum Gasteiger partial charge on any atom is -0.497 e. The molecular weight excluding hydrogens is 242 g/mol. The maximum absolute atomic E-state index is 11.9. The molecule has 4 nitrogen and oxygen atoms in total. The number of ether oxygens (including phenoxy) is 2. The van der Waals surface area contributed by atoms with Crippen LogP contribution >= 0.6 is 0 Å². The number of carbonyl (C=O) groups is 1. The highest BCUT2D eigenvalue weighted by Gasteiger charge is 2.23. The molecule has 1 aromatic carbocycles. The van der Waals surface area contributed by atoms with Crippen molar-refractivity contribution < 1.29 is 14.3 Å². The van der Waals surface area contributed by atoms with Gasteiger partial charge in [-0.1, -0.05) is 12.1 Å². The van der Waals surface area contributed by atoms with Crippen molar-refractivity contribution in [3.05, 3.63) is 29.8 Å². The quantitative estimate of drug-likeness (QED) is 0.883. The zero-order valence-electron chi connectivity index (χ0n) is 11.5. The average molecular weight is 263 g/mol. The molecule has 0 aliphatic carbocycles. The predicted octanol–water partition coefficient (Wildman–Crippen LogP) is 1.92. The molecule has 2 rings (SSSR count). The molecule has 1 N–H and O–H groups in total. The Hall–Kier alpha value is -1.55. The first kappa shape index (κ1) is 13.9. The lowest BCUT2D eigenvalue weighted by atomic mass is 10.1. The Morgan fingerprint density at radius 2 is 2.21 bits per heavy atom. The van der Waals surface area contributed by atoms with Gasteiger partial charge < -0.3 is 14.8 Å². The summed E-state index contributed by atoms with van der Waals surface area (Å²) in [6.07, 6.45) is 2.67. The Morgan fingerprint density at radius 3 is 2.79 bits per heavy atom. The number of hydrogen-bond donors (Lipinski definition) is 1. The van der Waals surface area contributed by atoms with Crippen LogP contribution in [0, 0.1) is 0 Å². The lowest BCUT2D eigenvalue weighted by molar-refractivity contribution is -0.121. The van der Waals surface area contributed by atoms with E-state index in [1.807, 2.05) is 31.2 Å². The van der Waals surface area contributed by atoms with Gasteiger partial charge in [-0.3, -0.25) is 4.79 Å². The number of rotatable bonds is 5. The monoisotopic (exact) mass is 263 g/mol. The molecule has 0 unspecified atom stereocenters.